The van der Waals surface area contributed by atoms with Crippen LogP contribution in [0.4, 0.5) is 5.69 Å². The molecule has 0 aliphatic heterocycles. The Morgan fingerprint density at radius 1 is 1.33 bits per heavy atom. The first-order valence-electron chi connectivity index (χ1n) is 7.37. The van der Waals surface area contributed by atoms with Crippen LogP contribution in [0.3, 0.4) is 0 Å². The van der Waals surface area contributed by atoms with E-state index in [1.807, 2.05) is 5.38 Å². The molecule has 2 rings (SSSR count). The second kappa shape index (κ2) is 7.00. The zero-order valence-corrected chi connectivity index (χ0v) is 14.9. The van der Waals surface area contributed by atoms with Gasteiger partial charge in [-0.3, -0.25) is 4.79 Å². The summed E-state index contributed by atoms with van der Waals surface area (Å²) in [4.78, 5) is 28.0. The van der Waals surface area contributed by atoms with Crippen molar-refractivity contribution in [1.82, 2.24) is 4.98 Å². The number of nitrogens with zero attached hydrogens (tertiary/aromatic N) is 1. The van der Waals surface area contributed by atoms with Crippen molar-refractivity contribution >= 4 is 28.9 Å². The average Bonchev–Trinajstić information content (AvgIpc) is 2.95. The van der Waals surface area contributed by atoms with E-state index in [-0.39, 0.29) is 29.0 Å². The molecule has 24 heavy (non-hydrogen) atoms. The van der Waals surface area contributed by atoms with Crippen LogP contribution in [-0.2, 0) is 16.6 Å². The summed E-state index contributed by atoms with van der Waals surface area (Å²) in [6.07, 6.45) is 0.0949. The molecule has 128 valence electrons. The highest BCUT2D eigenvalue weighted by atomic mass is 32.1. The van der Waals surface area contributed by atoms with Gasteiger partial charge in [0.15, 0.2) is 0 Å². The molecule has 0 unspecified atom stereocenters. The maximum absolute atomic E-state index is 12.2. The molecule has 1 aromatic carbocycles. The molecule has 0 atom stereocenters. The molecule has 1 amide bonds. The van der Waals surface area contributed by atoms with E-state index in [0.717, 1.165) is 5.01 Å². The number of carbonyl (C=O) groups is 2. The SMILES string of the molecule is COc1ccc(NC(=O)Cc2csc(C(C)(C)C)n2)c(C(=O)O)c1. The van der Waals surface area contributed by atoms with E-state index in [4.69, 9.17) is 4.74 Å². The van der Waals surface area contributed by atoms with E-state index in [1.165, 1.54) is 30.6 Å². The number of carboxylic acid groups (broad SMARTS) is 1. The van der Waals surface area contributed by atoms with Crippen molar-refractivity contribution in [3.05, 3.63) is 39.8 Å². The third kappa shape index (κ3) is 4.32. The summed E-state index contributed by atoms with van der Waals surface area (Å²) in [5.41, 5.74) is 0.829. The van der Waals surface area contributed by atoms with E-state index >= 15 is 0 Å². The lowest BCUT2D eigenvalue weighted by Crippen LogP contribution is -2.17. The van der Waals surface area contributed by atoms with E-state index < -0.39 is 5.97 Å². The molecule has 0 radical (unpaired) electrons. The average molecular weight is 348 g/mol. The van der Waals surface area contributed by atoms with E-state index in [2.05, 4.69) is 31.1 Å². The zero-order valence-electron chi connectivity index (χ0n) is 14.0. The van der Waals surface area contributed by atoms with Crippen LogP contribution in [0.1, 0.15) is 41.8 Å². The predicted octanol–water partition coefficient (Wildman–Crippen LogP) is 3.33. The monoisotopic (exact) mass is 348 g/mol. The highest BCUT2D eigenvalue weighted by molar-refractivity contribution is 7.09. The Bertz CT molecular complexity index is 762. The topological polar surface area (TPSA) is 88.5 Å². The Morgan fingerprint density at radius 3 is 2.58 bits per heavy atom. The molecule has 1 aromatic heterocycles. The Kier molecular flexibility index (Phi) is 5.23. The molecule has 2 N–H and O–H groups in total. The van der Waals surface area contributed by atoms with Crippen LogP contribution < -0.4 is 10.1 Å². The van der Waals surface area contributed by atoms with Crippen molar-refractivity contribution in [1.29, 1.82) is 0 Å². The van der Waals surface area contributed by atoms with Crippen molar-refractivity contribution in [2.75, 3.05) is 12.4 Å². The van der Waals surface area contributed by atoms with Gasteiger partial charge in [-0.1, -0.05) is 20.8 Å². The number of hydrogen-bond acceptors (Lipinski definition) is 5. The molecular formula is C17H20N2O4S. The third-order valence-corrected chi connectivity index (χ3v) is 4.58. The van der Waals surface area contributed by atoms with Gasteiger partial charge in [0.2, 0.25) is 5.91 Å². The Morgan fingerprint density at radius 2 is 2.04 bits per heavy atom. The van der Waals surface area contributed by atoms with Gasteiger partial charge >= 0.3 is 5.97 Å². The zero-order chi connectivity index (χ0) is 17.9. The minimum absolute atomic E-state index is 0.0173. The predicted molar refractivity (Wildman–Crippen MR) is 93.1 cm³/mol. The lowest BCUT2D eigenvalue weighted by Gasteiger charge is -2.13. The maximum Gasteiger partial charge on any atom is 0.337 e. The van der Waals surface area contributed by atoms with Gasteiger partial charge in [0.1, 0.15) is 5.75 Å². The normalized spacial score (nSPS) is 11.2. The number of amides is 1. The maximum atomic E-state index is 12.2. The van der Waals surface area contributed by atoms with Gasteiger partial charge in [-0.25, -0.2) is 9.78 Å². The summed E-state index contributed by atoms with van der Waals surface area (Å²) < 4.78 is 5.01. The lowest BCUT2D eigenvalue weighted by atomic mass is 9.98. The van der Waals surface area contributed by atoms with Crippen LogP contribution >= 0.6 is 11.3 Å². The van der Waals surface area contributed by atoms with E-state index in [9.17, 15) is 14.7 Å². The number of aromatic nitrogens is 1. The molecule has 0 fully saturated rings. The first-order chi connectivity index (χ1) is 11.2. The van der Waals surface area contributed by atoms with Crippen LogP contribution in [0.5, 0.6) is 5.75 Å². The number of aromatic carboxylic acids is 1. The molecule has 0 spiro atoms. The van der Waals surface area contributed by atoms with Gasteiger partial charge in [-0.2, -0.15) is 0 Å². The fourth-order valence-corrected chi connectivity index (χ4v) is 2.94. The summed E-state index contributed by atoms with van der Waals surface area (Å²) in [5, 5.41) is 14.7. The molecule has 0 bridgehead atoms. The Hall–Kier alpha value is -2.41. The minimum atomic E-state index is -1.13. The molecule has 2 aromatic rings. The largest absolute Gasteiger partial charge is 0.497 e. The summed E-state index contributed by atoms with van der Waals surface area (Å²) in [7, 11) is 1.45. The number of rotatable bonds is 5. The van der Waals surface area contributed by atoms with Crippen molar-refractivity contribution < 1.29 is 19.4 Å². The molecule has 0 saturated heterocycles. The van der Waals surface area contributed by atoms with E-state index in [0.29, 0.717) is 11.4 Å². The van der Waals surface area contributed by atoms with Crippen molar-refractivity contribution in [3.8, 4) is 5.75 Å². The number of carbonyl (C=O) groups excluding carboxylic acids is 1. The van der Waals surface area contributed by atoms with Crippen LogP contribution in [0.15, 0.2) is 23.6 Å². The molecular weight excluding hydrogens is 328 g/mol. The first-order valence-corrected chi connectivity index (χ1v) is 8.24. The Labute approximate surface area is 144 Å². The van der Waals surface area contributed by atoms with Gasteiger partial charge in [0.25, 0.3) is 0 Å². The highest BCUT2D eigenvalue weighted by Crippen LogP contribution is 2.26. The minimum Gasteiger partial charge on any atom is -0.497 e. The Balaban J connectivity index is 2.12. The molecule has 0 saturated carbocycles. The van der Waals surface area contributed by atoms with Gasteiger partial charge in [0, 0.05) is 10.8 Å². The quantitative estimate of drug-likeness (QED) is 0.865. The summed E-state index contributed by atoms with van der Waals surface area (Å²) >= 11 is 1.52. The summed E-state index contributed by atoms with van der Waals surface area (Å²) in [5.74, 6) is -1.03. The van der Waals surface area contributed by atoms with Crippen LogP contribution in [0.25, 0.3) is 0 Å². The van der Waals surface area contributed by atoms with Crippen molar-refractivity contribution in [3.63, 3.8) is 0 Å². The van der Waals surface area contributed by atoms with Crippen LogP contribution in [0.2, 0.25) is 0 Å². The fraction of sp³-hybridized carbons (Fsp3) is 0.353. The first kappa shape index (κ1) is 17.9. The number of benzene rings is 1. The van der Waals surface area contributed by atoms with Gasteiger partial charge in [-0.15, -0.1) is 11.3 Å². The lowest BCUT2D eigenvalue weighted by molar-refractivity contribution is -0.115. The van der Waals surface area contributed by atoms with Crippen LogP contribution in [-0.4, -0.2) is 29.1 Å². The molecule has 7 heteroatoms. The van der Waals surface area contributed by atoms with E-state index in [1.54, 1.807) is 6.07 Å². The molecule has 1 heterocycles. The molecule has 0 aliphatic rings. The van der Waals surface area contributed by atoms with Crippen LogP contribution in [0, 0.1) is 0 Å². The fourth-order valence-electron chi connectivity index (χ4n) is 2.03. The number of anilines is 1. The molecule has 0 aliphatic carbocycles. The number of ether oxygens (including phenoxy) is 1. The smallest absolute Gasteiger partial charge is 0.337 e. The second-order valence-corrected chi connectivity index (χ2v) is 7.19. The number of methoxy groups -OCH3 is 1. The van der Waals surface area contributed by atoms with Gasteiger partial charge < -0.3 is 15.2 Å². The number of carboxylic acids is 1. The summed E-state index contributed by atoms with van der Waals surface area (Å²) in [6.45, 7) is 6.19. The second-order valence-electron chi connectivity index (χ2n) is 6.34. The van der Waals surface area contributed by atoms with Gasteiger partial charge in [-0.05, 0) is 18.2 Å². The summed E-state index contributed by atoms with van der Waals surface area (Å²) in [6, 6.07) is 4.49. The molecule has 6 nitrogen and oxygen atoms in total. The number of thiazole rings is 1. The highest BCUT2D eigenvalue weighted by Gasteiger charge is 2.19. The number of nitrogens with one attached hydrogen (secondary N) is 1. The number of hydrogen-bond donors (Lipinski definition) is 2. The van der Waals surface area contributed by atoms with Crippen molar-refractivity contribution in [2.24, 2.45) is 0 Å². The third-order valence-electron chi connectivity index (χ3n) is 3.27. The van der Waals surface area contributed by atoms with Crippen molar-refractivity contribution in [2.45, 2.75) is 32.6 Å². The van der Waals surface area contributed by atoms with Gasteiger partial charge in [0.05, 0.1) is 35.5 Å². The standard InChI is InChI=1S/C17H20N2O4S/c1-17(2,3)16-18-10(9-24-16)7-14(20)19-13-6-5-11(23-4)8-12(13)15(21)22/h5-6,8-9H,7H2,1-4H3,(H,19,20)(H,21,22).